The maximum atomic E-state index is 12.5. The molecule has 1 aliphatic rings. The summed E-state index contributed by atoms with van der Waals surface area (Å²) in [5, 5.41) is 2.90. The molecule has 0 bridgehead atoms. The molecule has 1 aromatic heterocycles. The van der Waals surface area contributed by atoms with Crippen molar-refractivity contribution >= 4 is 11.8 Å². The Hall–Kier alpha value is -3.15. The molecule has 0 saturated heterocycles. The van der Waals surface area contributed by atoms with E-state index in [0.717, 1.165) is 11.3 Å². The van der Waals surface area contributed by atoms with E-state index in [4.69, 9.17) is 0 Å². The molecule has 2 N–H and O–H groups in total. The zero-order valence-corrected chi connectivity index (χ0v) is 14.0. The van der Waals surface area contributed by atoms with Crippen molar-refractivity contribution in [2.24, 2.45) is 0 Å². The molecule has 0 saturated carbocycles. The van der Waals surface area contributed by atoms with E-state index < -0.39 is 6.04 Å². The molecule has 0 aliphatic carbocycles. The normalized spacial score (nSPS) is 17.3. The third kappa shape index (κ3) is 3.52. The number of nitrogens with zero attached hydrogens (tertiary/aromatic N) is 2. The molecule has 6 nitrogen and oxygen atoms in total. The first-order valence-corrected chi connectivity index (χ1v) is 8.10. The van der Waals surface area contributed by atoms with E-state index in [1.54, 1.807) is 18.3 Å². The van der Waals surface area contributed by atoms with E-state index in [9.17, 15) is 9.59 Å². The third-order valence-corrected chi connectivity index (χ3v) is 4.13. The molecule has 2 atom stereocenters. The van der Waals surface area contributed by atoms with Gasteiger partial charge in [-0.2, -0.15) is 0 Å². The highest BCUT2D eigenvalue weighted by Gasteiger charge is 2.30. The van der Waals surface area contributed by atoms with Crippen molar-refractivity contribution in [3.8, 4) is 11.3 Å². The van der Waals surface area contributed by atoms with Crippen LogP contribution in [0.1, 0.15) is 18.8 Å². The zero-order valence-electron chi connectivity index (χ0n) is 14.0. The molecule has 1 aromatic carbocycles. The molecule has 128 valence electrons. The topological polar surface area (TPSA) is 78.1 Å². The summed E-state index contributed by atoms with van der Waals surface area (Å²) in [6.45, 7) is 5.74. The summed E-state index contributed by atoms with van der Waals surface area (Å²) in [5.41, 5.74) is 1.92. The standard InChI is InChI=1S/C19H20N4O2/c1-3-17(24)23-11-7-10-16(23)19(25)21-13(2)18-20-12-15(22-18)14-8-5-4-6-9-14/h3-10,12-13,16H,1,11H2,2H3,(H,20,22)(H,21,25)/t13-,16-/m0/s1. The van der Waals surface area contributed by atoms with E-state index in [1.807, 2.05) is 37.3 Å². The van der Waals surface area contributed by atoms with E-state index >= 15 is 0 Å². The monoisotopic (exact) mass is 336 g/mol. The number of rotatable bonds is 5. The fourth-order valence-corrected chi connectivity index (χ4v) is 2.78. The van der Waals surface area contributed by atoms with Gasteiger partial charge in [0.1, 0.15) is 11.9 Å². The SMILES string of the molecule is C=CC(=O)N1CC=C[C@H]1C(=O)N[C@@H](C)c1ncc(-c2ccccc2)[nH]1. The van der Waals surface area contributed by atoms with Gasteiger partial charge < -0.3 is 15.2 Å². The van der Waals surface area contributed by atoms with Crippen molar-refractivity contribution in [2.75, 3.05) is 6.54 Å². The van der Waals surface area contributed by atoms with Gasteiger partial charge in [0.25, 0.3) is 0 Å². The average Bonchev–Trinajstić information content (AvgIpc) is 3.31. The lowest BCUT2D eigenvalue weighted by Crippen LogP contribution is -2.46. The van der Waals surface area contributed by atoms with Crippen LogP contribution in [0.4, 0.5) is 0 Å². The maximum absolute atomic E-state index is 12.5. The highest BCUT2D eigenvalue weighted by molar-refractivity contribution is 5.94. The lowest BCUT2D eigenvalue weighted by atomic mass is 10.2. The fraction of sp³-hybridized carbons (Fsp3) is 0.211. The third-order valence-electron chi connectivity index (χ3n) is 4.13. The van der Waals surface area contributed by atoms with Gasteiger partial charge >= 0.3 is 0 Å². The van der Waals surface area contributed by atoms with Crippen LogP contribution in [0.3, 0.4) is 0 Å². The Labute approximate surface area is 146 Å². The lowest BCUT2D eigenvalue weighted by Gasteiger charge is -2.23. The van der Waals surface area contributed by atoms with Crippen molar-refractivity contribution in [1.82, 2.24) is 20.2 Å². The molecule has 0 unspecified atom stereocenters. The first-order valence-electron chi connectivity index (χ1n) is 8.10. The number of carbonyl (C=O) groups excluding carboxylic acids is 2. The number of H-pyrrole nitrogens is 1. The van der Waals surface area contributed by atoms with Crippen LogP contribution in [0.15, 0.2) is 61.3 Å². The molecular weight excluding hydrogens is 316 g/mol. The second kappa shape index (κ2) is 7.17. The number of hydrogen-bond donors (Lipinski definition) is 2. The minimum Gasteiger partial charge on any atom is -0.344 e. The smallest absolute Gasteiger partial charge is 0.247 e. The van der Waals surface area contributed by atoms with Gasteiger partial charge in [-0.1, -0.05) is 49.1 Å². The minimum atomic E-state index is -0.614. The molecular formula is C19H20N4O2. The van der Waals surface area contributed by atoms with E-state index in [-0.39, 0.29) is 17.9 Å². The Morgan fingerprint density at radius 2 is 2.16 bits per heavy atom. The molecule has 0 fully saturated rings. The highest BCUT2D eigenvalue weighted by atomic mass is 16.2. The Kier molecular flexibility index (Phi) is 4.79. The van der Waals surface area contributed by atoms with Crippen LogP contribution in [-0.4, -0.2) is 39.3 Å². The number of nitrogens with one attached hydrogen (secondary N) is 2. The second-order valence-corrected chi connectivity index (χ2v) is 5.85. The second-order valence-electron chi connectivity index (χ2n) is 5.85. The molecule has 0 spiro atoms. The molecule has 2 amide bonds. The van der Waals surface area contributed by atoms with E-state index in [0.29, 0.717) is 12.4 Å². The number of aromatic amines is 1. The van der Waals surface area contributed by atoms with Gasteiger partial charge in [0.15, 0.2) is 0 Å². The van der Waals surface area contributed by atoms with Crippen molar-refractivity contribution in [3.05, 3.63) is 67.2 Å². The Morgan fingerprint density at radius 3 is 2.88 bits per heavy atom. The number of benzene rings is 1. The van der Waals surface area contributed by atoms with E-state index in [1.165, 1.54) is 11.0 Å². The fourth-order valence-electron chi connectivity index (χ4n) is 2.78. The van der Waals surface area contributed by atoms with E-state index in [2.05, 4.69) is 21.9 Å². The van der Waals surface area contributed by atoms with Gasteiger partial charge in [0.05, 0.1) is 17.9 Å². The molecule has 3 rings (SSSR count). The van der Waals surface area contributed by atoms with Gasteiger partial charge in [-0.25, -0.2) is 4.98 Å². The molecule has 2 heterocycles. The summed E-state index contributed by atoms with van der Waals surface area (Å²) in [6.07, 6.45) is 6.49. The molecule has 25 heavy (non-hydrogen) atoms. The Morgan fingerprint density at radius 1 is 1.40 bits per heavy atom. The van der Waals surface area contributed by atoms with Crippen LogP contribution >= 0.6 is 0 Å². The number of hydrogen-bond acceptors (Lipinski definition) is 3. The number of carbonyl (C=O) groups is 2. The predicted octanol–water partition coefficient (Wildman–Crippen LogP) is 2.21. The van der Waals surface area contributed by atoms with Crippen molar-refractivity contribution in [2.45, 2.75) is 19.0 Å². The van der Waals surface area contributed by atoms with Crippen LogP contribution in [0, 0.1) is 0 Å². The number of imidazole rings is 1. The largest absolute Gasteiger partial charge is 0.344 e. The van der Waals surface area contributed by atoms with Gasteiger partial charge in [-0.15, -0.1) is 0 Å². The van der Waals surface area contributed by atoms with Crippen LogP contribution in [0.5, 0.6) is 0 Å². The summed E-state index contributed by atoms with van der Waals surface area (Å²) in [4.78, 5) is 33.4. The lowest BCUT2D eigenvalue weighted by molar-refractivity contribution is -0.134. The van der Waals surface area contributed by atoms with Crippen molar-refractivity contribution < 1.29 is 9.59 Å². The first kappa shape index (κ1) is 16.7. The van der Waals surface area contributed by atoms with Gasteiger partial charge in [-0.05, 0) is 18.6 Å². The van der Waals surface area contributed by atoms with Crippen LogP contribution in [0.2, 0.25) is 0 Å². The van der Waals surface area contributed by atoms with Gasteiger partial charge in [0, 0.05) is 6.54 Å². The minimum absolute atomic E-state index is 0.242. The number of aromatic nitrogens is 2. The quantitative estimate of drug-likeness (QED) is 0.649. The van der Waals surface area contributed by atoms with Gasteiger partial charge in [-0.3, -0.25) is 9.59 Å². The van der Waals surface area contributed by atoms with Crippen molar-refractivity contribution in [1.29, 1.82) is 0 Å². The maximum Gasteiger partial charge on any atom is 0.247 e. The first-order chi connectivity index (χ1) is 12.1. The van der Waals surface area contributed by atoms with Gasteiger partial charge in [0.2, 0.25) is 11.8 Å². The summed E-state index contributed by atoms with van der Waals surface area (Å²) >= 11 is 0. The predicted molar refractivity (Wildman–Crippen MR) is 95.4 cm³/mol. The Balaban J connectivity index is 1.68. The van der Waals surface area contributed by atoms with Crippen LogP contribution < -0.4 is 5.32 Å². The molecule has 1 aliphatic heterocycles. The summed E-state index contributed by atoms with van der Waals surface area (Å²) < 4.78 is 0. The average molecular weight is 336 g/mol. The highest BCUT2D eigenvalue weighted by Crippen LogP contribution is 2.19. The summed E-state index contributed by atoms with van der Waals surface area (Å²) in [5.74, 6) is 0.159. The molecule has 2 aromatic rings. The van der Waals surface area contributed by atoms with Crippen LogP contribution in [-0.2, 0) is 9.59 Å². The molecule has 0 radical (unpaired) electrons. The molecule has 6 heteroatoms. The van der Waals surface area contributed by atoms with Crippen molar-refractivity contribution in [3.63, 3.8) is 0 Å². The van der Waals surface area contributed by atoms with Crippen LogP contribution in [0.25, 0.3) is 11.3 Å². The summed E-state index contributed by atoms with van der Waals surface area (Å²) in [6, 6.07) is 8.92. The summed E-state index contributed by atoms with van der Waals surface area (Å²) in [7, 11) is 0. The number of amides is 2. The zero-order chi connectivity index (χ0) is 17.8. The Bertz CT molecular complexity index is 810.